The van der Waals surface area contributed by atoms with E-state index in [0.717, 1.165) is 24.3 Å². The Morgan fingerprint density at radius 2 is 1.93 bits per heavy atom. The molecule has 5 nitrogen and oxygen atoms in total. The summed E-state index contributed by atoms with van der Waals surface area (Å²) in [5, 5.41) is 9.84. The van der Waals surface area contributed by atoms with E-state index < -0.39 is 55.9 Å². The first kappa shape index (κ1) is 20.0. The standard InChI is InChI=1S/C17H10F5NO4S/c1-23-9-4-8(18)5-10(6-9)27-12-2-3-13(28(25,26)16(19)20)14-11(12)7-17(21,22)15(14)24/h2-6,15-16,24H,7H2/t15-/m1/s1. The van der Waals surface area contributed by atoms with E-state index in [9.17, 15) is 35.5 Å². The number of hydrogen-bond acceptors (Lipinski definition) is 4. The van der Waals surface area contributed by atoms with E-state index in [4.69, 9.17) is 11.3 Å². The van der Waals surface area contributed by atoms with Crippen molar-refractivity contribution in [3.05, 3.63) is 58.7 Å². The van der Waals surface area contributed by atoms with Gasteiger partial charge in [0.1, 0.15) is 23.4 Å². The summed E-state index contributed by atoms with van der Waals surface area (Å²) in [6.07, 6.45) is -3.81. The summed E-state index contributed by atoms with van der Waals surface area (Å²) in [5.41, 5.74) is -1.52. The highest BCUT2D eigenvalue weighted by Crippen LogP contribution is 2.50. The second-order valence-corrected chi connectivity index (χ2v) is 7.85. The van der Waals surface area contributed by atoms with Crippen LogP contribution in [0.5, 0.6) is 11.5 Å². The Morgan fingerprint density at radius 3 is 2.54 bits per heavy atom. The molecule has 28 heavy (non-hydrogen) atoms. The maximum Gasteiger partial charge on any atom is 0.341 e. The highest BCUT2D eigenvalue weighted by atomic mass is 32.2. The first-order valence-corrected chi connectivity index (χ1v) is 9.11. The van der Waals surface area contributed by atoms with Crippen LogP contribution in [0.25, 0.3) is 4.85 Å². The van der Waals surface area contributed by atoms with Gasteiger partial charge in [-0.3, -0.25) is 0 Å². The van der Waals surface area contributed by atoms with Crippen LogP contribution in [0.4, 0.5) is 27.6 Å². The van der Waals surface area contributed by atoms with E-state index in [1.54, 1.807) is 0 Å². The lowest BCUT2D eigenvalue weighted by Crippen LogP contribution is -2.23. The lowest BCUT2D eigenvalue weighted by atomic mass is 10.1. The van der Waals surface area contributed by atoms with Crippen molar-refractivity contribution in [2.45, 2.75) is 29.1 Å². The molecular weight excluding hydrogens is 409 g/mol. The second-order valence-electron chi connectivity index (χ2n) is 5.96. The van der Waals surface area contributed by atoms with Crippen molar-refractivity contribution < 1.29 is 40.2 Å². The van der Waals surface area contributed by atoms with Crippen molar-refractivity contribution in [2.75, 3.05) is 0 Å². The van der Waals surface area contributed by atoms with Gasteiger partial charge in [-0.1, -0.05) is 0 Å². The summed E-state index contributed by atoms with van der Waals surface area (Å²) < 4.78 is 96.3. The zero-order chi connectivity index (χ0) is 20.9. The zero-order valence-electron chi connectivity index (χ0n) is 13.7. The van der Waals surface area contributed by atoms with Crippen LogP contribution in [0.3, 0.4) is 0 Å². The molecule has 1 atom stereocenters. The summed E-state index contributed by atoms with van der Waals surface area (Å²) in [4.78, 5) is 1.89. The van der Waals surface area contributed by atoms with Gasteiger partial charge in [-0.05, 0) is 24.3 Å². The Kier molecular flexibility index (Phi) is 4.81. The minimum atomic E-state index is -5.27. The number of alkyl halides is 4. The van der Waals surface area contributed by atoms with Gasteiger partial charge in [0.2, 0.25) is 9.84 Å². The van der Waals surface area contributed by atoms with Crippen molar-refractivity contribution >= 4 is 15.5 Å². The number of aliphatic hydroxyl groups excluding tert-OH is 1. The fourth-order valence-electron chi connectivity index (χ4n) is 2.89. The highest BCUT2D eigenvalue weighted by molar-refractivity contribution is 7.91. The molecule has 1 aliphatic carbocycles. The van der Waals surface area contributed by atoms with Gasteiger partial charge >= 0.3 is 5.76 Å². The van der Waals surface area contributed by atoms with Crippen LogP contribution in [0.2, 0.25) is 0 Å². The number of aliphatic hydroxyl groups is 1. The quantitative estimate of drug-likeness (QED) is 0.590. The number of rotatable bonds is 4. The molecule has 2 aromatic rings. The summed E-state index contributed by atoms with van der Waals surface area (Å²) in [6, 6.07) is 4.35. The van der Waals surface area contributed by atoms with E-state index in [2.05, 4.69) is 4.85 Å². The van der Waals surface area contributed by atoms with Crippen LogP contribution in [0.1, 0.15) is 17.2 Å². The number of benzene rings is 2. The molecule has 0 aliphatic heterocycles. The minimum Gasteiger partial charge on any atom is -0.458 e. The van der Waals surface area contributed by atoms with Crippen LogP contribution in [0, 0.1) is 12.4 Å². The fourth-order valence-corrected chi connectivity index (χ4v) is 3.88. The summed E-state index contributed by atoms with van der Waals surface area (Å²) in [6.45, 7) is 6.89. The van der Waals surface area contributed by atoms with Gasteiger partial charge in [0.05, 0.1) is 11.5 Å². The molecule has 0 saturated carbocycles. The van der Waals surface area contributed by atoms with Crippen LogP contribution >= 0.6 is 0 Å². The van der Waals surface area contributed by atoms with Crippen molar-refractivity contribution in [3.8, 4) is 11.5 Å². The topological polar surface area (TPSA) is 68.0 Å². The fraction of sp³-hybridized carbons (Fsp3) is 0.235. The molecule has 0 fully saturated rings. The van der Waals surface area contributed by atoms with Gasteiger partial charge in [-0.25, -0.2) is 26.4 Å². The first-order valence-electron chi connectivity index (χ1n) is 7.57. The van der Waals surface area contributed by atoms with Gasteiger partial charge in [-0.15, -0.1) is 0 Å². The van der Waals surface area contributed by atoms with E-state index in [1.165, 1.54) is 0 Å². The molecular formula is C17H10F5NO4S. The zero-order valence-corrected chi connectivity index (χ0v) is 14.5. The van der Waals surface area contributed by atoms with Crippen molar-refractivity contribution in [1.29, 1.82) is 0 Å². The average Bonchev–Trinajstić information content (AvgIpc) is 2.85. The van der Waals surface area contributed by atoms with Gasteiger partial charge in [0, 0.05) is 23.6 Å². The molecule has 0 heterocycles. The molecule has 2 aromatic carbocycles. The van der Waals surface area contributed by atoms with E-state index in [-0.39, 0.29) is 17.2 Å². The van der Waals surface area contributed by atoms with Gasteiger partial charge < -0.3 is 9.84 Å². The Bertz CT molecular complexity index is 1100. The molecule has 0 unspecified atom stereocenters. The van der Waals surface area contributed by atoms with Gasteiger partial charge in [0.15, 0.2) is 5.69 Å². The smallest absolute Gasteiger partial charge is 0.341 e. The predicted molar refractivity (Wildman–Crippen MR) is 86.0 cm³/mol. The van der Waals surface area contributed by atoms with Crippen molar-refractivity contribution in [2.24, 2.45) is 0 Å². The number of nitrogens with zero attached hydrogens (tertiary/aromatic N) is 1. The molecule has 0 spiro atoms. The maximum atomic E-state index is 14.0. The molecule has 11 heteroatoms. The largest absolute Gasteiger partial charge is 0.458 e. The van der Waals surface area contributed by atoms with Gasteiger partial charge in [0.25, 0.3) is 5.92 Å². The van der Waals surface area contributed by atoms with Gasteiger partial charge in [-0.2, -0.15) is 8.78 Å². The number of sulfone groups is 1. The Labute approximate surface area is 155 Å². The van der Waals surface area contributed by atoms with Crippen molar-refractivity contribution in [1.82, 2.24) is 0 Å². The molecule has 1 N–H and O–H groups in total. The van der Waals surface area contributed by atoms with E-state index in [0.29, 0.717) is 6.07 Å². The Hall–Kier alpha value is -2.71. The average molecular weight is 419 g/mol. The lowest BCUT2D eigenvalue weighted by molar-refractivity contribution is -0.0976. The monoisotopic (exact) mass is 419 g/mol. The lowest BCUT2D eigenvalue weighted by Gasteiger charge is -2.16. The predicted octanol–water partition coefficient (Wildman–Crippen LogP) is 4.39. The number of fused-ring (bicyclic) bond motifs is 1. The molecule has 0 saturated heterocycles. The summed E-state index contributed by atoms with van der Waals surface area (Å²) in [5.74, 6) is -9.17. The van der Waals surface area contributed by atoms with E-state index in [1.807, 2.05) is 0 Å². The summed E-state index contributed by atoms with van der Waals surface area (Å²) >= 11 is 0. The molecule has 0 radical (unpaired) electrons. The van der Waals surface area contributed by atoms with E-state index >= 15 is 0 Å². The molecule has 148 valence electrons. The maximum absolute atomic E-state index is 14.0. The molecule has 1 aliphatic rings. The van der Waals surface area contributed by atoms with Crippen LogP contribution < -0.4 is 4.74 Å². The molecule has 3 rings (SSSR count). The molecule has 0 bridgehead atoms. The number of halogens is 5. The third-order valence-electron chi connectivity index (χ3n) is 4.11. The molecule has 0 amide bonds. The summed E-state index contributed by atoms with van der Waals surface area (Å²) in [7, 11) is -5.27. The minimum absolute atomic E-state index is 0.145. The highest BCUT2D eigenvalue weighted by Gasteiger charge is 2.51. The van der Waals surface area contributed by atoms with Crippen LogP contribution in [-0.2, 0) is 16.3 Å². The second kappa shape index (κ2) is 6.72. The molecule has 0 aromatic heterocycles. The van der Waals surface area contributed by atoms with Crippen LogP contribution in [-0.4, -0.2) is 25.2 Å². The SMILES string of the molecule is [C-]#[N+]c1cc(F)cc(Oc2ccc(S(=O)(=O)C(F)F)c3c2CC(F)(F)[C@@H]3O)c1. The third kappa shape index (κ3) is 3.29. The third-order valence-corrected chi connectivity index (χ3v) is 5.55. The van der Waals surface area contributed by atoms with Crippen molar-refractivity contribution in [3.63, 3.8) is 0 Å². The Balaban J connectivity index is 2.17. The number of hydrogen-bond donors (Lipinski definition) is 1. The Morgan fingerprint density at radius 1 is 1.25 bits per heavy atom. The number of ether oxygens (including phenoxy) is 1. The first-order chi connectivity index (χ1) is 13.0. The normalized spacial score (nSPS) is 18.0. The van der Waals surface area contributed by atoms with Crippen LogP contribution in [0.15, 0.2) is 35.2 Å².